The van der Waals surface area contributed by atoms with Crippen LogP contribution < -0.4 is 5.32 Å². The van der Waals surface area contributed by atoms with Gasteiger partial charge in [0.15, 0.2) is 5.96 Å². The average molecular weight is 379 g/mol. The third-order valence-corrected chi connectivity index (χ3v) is 5.63. The van der Waals surface area contributed by atoms with Crippen molar-refractivity contribution in [1.29, 1.82) is 0 Å². The summed E-state index contributed by atoms with van der Waals surface area (Å²) in [5, 5.41) is 3.54. The molecule has 2 aromatic rings. The number of aliphatic imine (C=N–C) groups is 1. The topological polar surface area (TPSA) is 40.1 Å². The number of guanidine groups is 1. The molecular formula is C23H30N4O. The second kappa shape index (κ2) is 9.22. The molecule has 0 aliphatic carbocycles. The van der Waals surface area contributed by atoms with E-state index in [4.69, 9.17) is 4.74 Å². The van der Waals surface area contributed by atoms with E-state index < -0.39 is 0 Å². The van der Waals surface area contributed by atoms with Crippen LogP contribution in [0, 0.1) is 0 Å². The van der Waals surface area contributed by atoms with Gasteiger partial charge in [-0.25, -0.2) is 0 Å². The summed E-state index contributed by atoms with van der Waals surface area (Å²) in [7, 11) is 1.87. The fraction of sp³-hybridized carbons (Fsp3) is 0.435. The lowest BCUT2D eigenvalue weighted by Crippen LogP contribution is -2.43. The Kier molecular flexibility index (Phi) is 6.24. The summed E-state index contributed by atoms with van der Waals surface area (Å²) in [5.41, 5.74) is 5.51. The molecule has 5 nitrogen and oxygen atoms in total. The van der Waals surface area contributed by atoms with Crippen LogP contribution >= 0.6 is 0 Å². The number of nitrogens with one attached hydrogen (secondary N) is 1. The molecule has 0 atom stereocenters. The Bertz CT molecular complexity index is 797. The van der Waals surface area contributed by atoms with E-state index in [9.17, 15) is 0 Å². The Morgan fingerprint density at radius 2 is 1.68 bits per heavy atom. The molecule has 2 heterocycles. The highest BCUT2D eigenvalue weighted by molar-refractivity contribution is 5.80. The van der Waals surface area contributed by atoms with Crippen molar-refractivity contribution in [1.82, 2.24) is 15.1 Å². The second-order valence-electron chi connectivity index (χ2n) is 7.55. The molecule has 0 spiro atoms. The molecule has 2 aliphatic rings. The summed E-state index contributed by atoms with van der Waals surface area (Å²) in [5.74, 6) is 0.979. The molecular weight excluding hydrogens is 348 g/mol. The van der Waals surface area contributed by atoms with Crippen LogP contribution in [0.3, 0.4) is 0 Å². The van der Waals surface area contributed by atoms with Gasteiger partial charge < -0.3 is 15.0 Å². The summed E-state index contributed by atoms with van der Waals surface area (Å²) in [6, 6.07) is 17.6. The second-order valence-corrected chi connectivity index (χ2v) is 7.55. The number of benzene rings is 2. The summed E-state index contributed by atoms with van der Waals surface area (Å²) in [4.78, 5) is 9.30. The minimum atomic E-state index is 0.794. The predicted molar refractivity (Wildman–Crippen MR) is 113 cm³/mol. The van der Waals surface area contributed by atoms with Crippen LogP contribution in [0.25, 0.3) is 0 Å². The van der Waals surface area contributed by atoms with E-state index in [-0.39, 0.29) is 0 Å². The first-order chi connectivity index (χ1) is 13.8. The first kappa shape index (κ1) is 19.0. The molecule has 0 aromatic heterocycles. The molecule has 1 N–H and O–H groups in total. The van der Waals surface area contributed by atoms with Gasteiger partial charge in [0.1, 0.15) is 0 Å². The van der Waals surface area contributed by atoms with Gasteiger partial charge in [-0.05, 0) is 28.7 Å². The third kappa shape index (κ3) is 4.72. The average Bonchev–Trinajstić information content (AvgIpc) is 2.76. The molecule has 2 aliphatic heterocycles. The largest absolute Gasteiger partial charge is 0.379 e. The van der Waals surface area contributed by atoms with Crippen molar-refractivity contribution >= 4 is 5.96 Å². The van der Waals surface area contributed by atoms with Gasteiger partial charge in [0, 0.05) is 46.3 Å². The number of hydrogen-bond acceptors (Lipinski definition) is 3. The quantitative estimate of drug-likeness (QED) is 0.656. The standard InChI is InChI=1S/C23H30N4O/c1-24-23(27-11-10-21-4-2-3-5-22(21)18-27)25-16-19-6-8-20(9-7-19)17-26-12-14-28-15-13-26/h2-9H,10-18H2,1H3,(H,24,25). The fourth-order valence-electron chi connectivity index (χ4n) is 3.97. The highest BCUT2D eigenvalue weighted by atomic mass is 16.5. The lowest BCUT2D eigenvalue weighted by molar-refractivity contribution is 0.0342. The van der Waals surface area contributed by atoms with E-state index >= 15 is 0 Å². The number of ether oxygens (including phenoxy) is 1. The molecule has 0 unspecified atom stereocenters. The van der Waals surface area contributed by atoms with E-state index in [1.54, 1.807) is 0 Å². The van der Waals surface area contributed by atoms with Crippen molar-refractivity contribution in [3.63, 3.8) is 0 Å². The molecule has 4 rings (SSSR count). The minimum absolute atomic E-state index is 0.794. The Balaban J connectivity index is 1.30. The van der Waals surface area contributed by atoms with E-state index in [0.29, 0.717) is 0 Å². The first-order valence-electron chi connectivity index (χ1n) is 10.2. The maximum absolute atomic E-state index is 5.43. The van der Waals surface area contributed by atoms with Gasteiger partial charge in [-0.15, -0.1) is 0 Å². The molecule has 2 aromatic carbocycles. The molecule has 5 heteroatoms. The fourth-order valence-corrected chi connectivity index (χ4v) is 3.97. The van der Waals surface area contributed by atoms with Gasteiger partial charge in [0.25, 0.3) is 0 Å². The van der Waals surface area contributed by atoms with Crippen LogP contribution in [-0.4, -0.2) is 55.7 Å². The lowest BCUT2D eigenvalue weighted by Gasteiger charge is -2.31. The zero-order chi connectivity index (χ0) is 19.2. The SMILES string of the molecule is CN=C(NCc1ccc(CN2CCOCC2)cc1)N1CCc2ccccc2C1. The molecule has 0 bridgehead atoms. The van der Waals surface area contributed by atoms with Crippen LogP contribution in [0.4, 0.5) is 0 Å². The number of hydrogen-bond donors (Lipinski definition) is 1. The van der Waals surface area contributed by atoms with E-state index in [1.165, 1.54) is 22.3 Å². The molecule has 148 valence electrons. The normalized spacial score (nSPS) is 18.0. The molecule has 28 heavy (non-hydrogen) atoms. The Morgan fingerprint density at radius 1 is 0.964 bits per heavy atom. The van der Waals surface area contributed by atoms with Gasteiger partial charge in [-0.1, -0.05) is 48.5 Å². The predicted octanol–water partition coefficient (Wildman–Crippen LogP) is 2.65. The zero-order valence-electron chi connectivity index (χ0n) is 16.7. The van der Waals surface area contributed by atoms with Gasteiger partial charge >= 0.3 is 0 Å². The molecule has 0 radical (unpaired) electrons. The molecule has 1 saturated heterocycles. The van der Waals surface area contributed by atoms with Crippen molar-refractivity contribution in [3.05, 3.63) is 70.8 Å². The van der Waals surface area contributed by atoms with Crippen LogP contribution in [0.1, 0.15) is 22.3 Å². The maximum atomic E-state index is 5.43. The summed E-state index contributed by atoms with van der Waals surface area (Å²) in [6.45, 7) is 7.49. The summed E-state index contributed by atoms with van der Waals surface area (Å²) < 4.78 is 5.43. The van der Waals surface area contributed by atoms with E-state index in [1.807, 2.05) is 7.05 Å². The third-order valence-electron chi connectivity index (χ3n) is 5.63. The highest BCUT2D eigenvalue weighted by Gasteiger charge is 2.18. The molecule has 0 saturated carbocycles. The Labute approximate surface area is 168 Å². The van der Waals surface area contributed by atoms with Gasteiger partial charge in [-0.3, -0.25) is 9.89 Å². The van der Waals surface area contributed by atoms with Crippen molar-refractivity contribution in [2.45, 2.75) is 26.1 Å². The number of rotatable bonds is 4. The smallest absolute Gasteiger partial charge is 0.194 e. The van der Waals surface area contributed by atoms with Crippen LogP contribution in [0.2, 0.25) is 0 Å². The van der Waals surface area contributed by atoms with Crippen molar-refractivity contribution in [2.75, 3.05) is 39.9 Å². The van der Waals surface area contributed by atoms with Gasteiger partial charge in [0.05, 0.1) is 13.2 Å². The number of fused-ring (bicyclic) bond motifs is 1. The first-order valence-corrected chi connectivity index (χ1v) is 10.2. The Morgan fingerprint density at radius 3 is 2.43 bits per heavy atom. The molecule has 0 amide bonds. The van der Waals surface area contributed by atoms with Crippen molar-refractivity contribution in [2.24, 2.45) is 4.99 Å². The minimum Gasteiger partial charge on any atom is -0.379 e. The maximum Gasteiger partial charge on any atom is 0.194 e. The summed E-state index contributed by atoms with van der Waals surface area (Å²) in [6.07, 6.45) is 1.08. The Hall–Kier alpha value is -2.37. The van der Waals surface area contributed by atoms with E-state index in [0.717, 1.165) is 64.9 Å². The highest BCUT2D eigenvalue weighted by Crippen LogP contribution is 2.18. The van der Waals surface area contributed by atoms with Crippen molar-refractivity contribution < 1.29 is 4.74 Å². The summed E-state index contributed by atoms with van der Waals surface area (Å²) >= 11 is 0. The monoisotopic (exact) mass is 378 g/mol. The molecule has 1 fully saturated rings. The van der Waals surface area contributed by atoms with Gasteiger partial charge in [-0.2, -0.15) is 0 Å². The van der Waals surface area contributed by atoms with Crippen LogP contribution in [0.15, 0.2) is 53.5 Å². The van der Waals surface area contributed by atoms with Crippen LogP contribution in [-0.2, 0) is 30.8 Å². The number of nitrogens with zero attached hydrogens (tertiary/aromatic N) is 3. The van der Waals surface area contributed by atoms with Gasteiger partial charge in [0.2, 0.25) is 0 Å². The van der Waals surface area contributed by atoms with Crippen LogP contribution in [0.5, 0.6) is 0 Å². The number of morpholine rings is 1. The lowest BCUT2D eigenvalue weighted by atomic mass is 10.0. The van der Waals surface area contributed by atoms with Crippen molar-refractivity contribution in [3.8, 4) is 0 Å². The zero-order valence-corrected chi connectivity index (χ0v) is 16.7. The van der Waals surface area contributed by atoms with E-state index in [2.05, 4.69) is 68.6 Å².